The lowest BCUT2D eigenvalue weighted by Gasteiger charge is -2.15. The molecule has 104 valence electrons. The molecule has 3 N–H and O–H groups in total. The van der Waals surface area contributed by atoms with Crippen LogP contribution in [0.2, 0.25) is 0 Å². The minimum absolute atomic E-state index is 0.189. The number of aromatic amines is 1. The highest BCUT2D eigenvalue weighted by molar-refractivity contribution is 5.86. The summed E-state index contributed by atoms with van der Waals surface area (Å²) in [6.45, 7) is 0. The molecule has 0 spiro atoms. The third kappa shape index (κ3) is 5.19. The van der Waals surface area contributed by atoms with Crippen LogP contribution in [0.25, 0.3) is 0 Å². The van der Waals surface area contributed by atoms with Gasteiger partial charge >= 0.3 is 11.9 Å². The van der Waals surface area contributed by atoms with Gasteiger partial charge in [-0.2, -0.15) is 0 Å². The van der Waals surface area contributed by atoms with E-state index in [1.54, 1.807) is 0 Å². The zero-order valence-electron chi connectivity index (χ0n) is 10.4. The van der Waals surface area contributed by atoms with Gasteiger partial charge in [-0.05, 0) is 0 Å². The molecule has 1 amide bonds. The van der Waals surface area contributed by atoms with Gasteiger partial charge in [0.2, 0.25) is 5.91 Å². The first-order valence-corrected chi connectivity index (χ1v) is 5.59. The fraction of sp³-hybridized carbons (Fsp3) is 0.455. The van der Waals surface area contributed by atoms with Crippen molar-refractivity contribution in [2.45, 2.75) is 25.3 Å². The molecule has 8 heteroatoms. The number of carboxylic acids is 1. The number of rotatable bonds is 7. The molecule has 0 aliphatic carbocycles. The second-order valence-corrected chi connectivity index (χ2v) is 3.82. The van der Waals surface area contributed by atoms with E-state index in [9.17, 15) is 14.4 Å². The number of esters is 1. The predicted octanol–water partition coefficient (Wildman–Crippen LogP) is -0.525. The number of carboxylic acid groups (broad SMARTS) is 1. The zero-order chi connectivity index (χ0) is 14.3. The molecule has 1 unspecified atom stereocenters. The minimum Gasteiger partial charge on any atom is -0.481 e. The lowest BCUT2D eigenvalue weighted by molar-refractivity contribution is -0.145. The summed E-state index contributed by atoms with van der Waals surface area (Å²) in [4.78, 5) is 40.0. The number of amides is 1. The number of imidazole rings is 1. The molecule has 0 saturated carbocycles. The van der Waals surface area contributed by atoms with Gasteiger partial charge in [-0.25, -0.2) is 9.78 Å². The van der Waals surface area contributed by atoms with Gasteiger partial charge in [0, 0.05) is 24.7 Å². The molecule has 1 rings (SSSR count). The smallest absolute Gasteiger partial charge is 0.328 e. The van der Waals surface area contributed by atoms with Crippen LogP contribution in [0.4, 0.5) is 0 Å². The summed E-state index contributed by atoms with van der Waals surface area (Å²) in [5.41, 5.74) is 0.661. The second-order valence-electron chi connectivity index (χ2n) is 3.82. The van der Waals surface area contributed by atoms with Gasteiger partial charge in [-0.3, -0.25) is 9.59 Å². The number of nitrogens with zero attached hydrogens (tertiary/aromatic N) is 1. The Hall–Kier alpha value is -2.38. The summed E-state index contributed by atoms with van der Waals surface area (Å²) in [5, 5.41) is 10.9. The largest absolute Gasteiger partial charge is 0.481 e. The molecule has 1 aromatic rings. The van der Waals surface area contributed by atoms with Crippen molar-refractivity contribution in [1.29, 1.82) is 0 Å². The maximum Gasteiger partial charge on any atom is 0.328 e. The normalized spacial score (nSPS) is 11.6. The van der Waals surface area contributed by atoms with Crippen LogP contribution in [-0.4, -0.2) is 46.1 Å². The summed E-state index contributed by atoms with van der Waals surface area (Å²) in [5.74, 6) is -2.19. The number of hydrogen-bond acceptors (Lipinski definition) is 5. The van der Waals surface area contributed by atoms with Crippen molar-refractivity contribution < 1.29 is 24.2 Å². The third-order valence-electron chi connectivity index (χ3n) is 2.37. The van der Waals surface area contributed by atoms with Crippen LogP contribution >= 0.6 is 0 Å². The van der Waals surface area contributed by atoms with Crippen LogP contribution in [0.3, 0.4) is 0 Å². The molecular formula is C11H15N3O5. The Kier molecular flexibility index (Phi) is 5.52. The van der Waals surface area contributed by atoms with Crippen molar-refractivity contribution in [2.75, 3.05) is 7.11 Å². The molecule has 8 nitrogen and oxygen atoms in total. The second kappa shape index (κ2) is 7.14. The molecule has 1 atom stereocenters. The zero-order valence-corrected chi connectivity index (χ0v) is 10.4. The molecule has 0 aromatic carbocycles. The molecular weight excluding hydrogens is 254 g/mol. The number of H-pyrrole nitrogens is 1. The highest BCUT2D eigenvalue weighted by Crippen LogP contribution is 2.01. The lowest BCUT2D eigenvalue weighted by Crippen LogP contribution is -2.43. The van der Waals surface area contributed by atoms with Crippen molar-refractivity contribution >= 4 is 17.8 Å². The van der Waals surface area contributed by atoms with Gasteiger partial charge in [0.15, 0.2) is 0 Å². The lowest BCUT2D eigenvalue weighted by atomic mass is 10.1. The van der Waals surface area contributed by atoms with Crippen molar-refractivity contribution in [1.82, 2.24) is 15.3 Å². The van der Waals surface area contributed by atoms with E-state index in [0.717, 1.165) is 0 Å². The van der Waals surface area contributed by atoms with E-state index < -0.39 is 23.9 Å². The van der Waals surface area contributed by atoms with E-state index in [2.05, 4.69) is 20.0 Å². The van der Waals surface area contributed by atoms with Crippen molar-refractivity contribution in [3.8, 4) is 0 Å². The van der Waals surface area contributed by atoms with Gasteiger partial charge in [-0.15, -0.1) is 0 Å². The Bertz CT molecular complexity index is 443. The Labute approximate surface area is 109 Å². The van der Waals surface area contributed by atoms with Gasteiger partial charge in [0.05, 0.1) is 19.9 Å². The van der Waals surface area contributed by atoms with E-state index in [0.29, 0.717) is 5.69 Å². The Balaban J connectivity index is 2.57. The number of aromatic nitrogens is 2. The molecule has 1 aromatic heterocycles. The highest BCUT2D eigenvalue weighted by Gasteiger charge is 2.22. The first kappa shape index (κ1) is 14.7. The Morgan fingerprint density at radius 2 is 2.21 bits per heavy atom. The van der Waals surface area contributed by atoms with Crippen LogP contribution in [-0.2, 0) is 25.5 Å². The van der Waals surface area contributed by atoms with Crippen LogP contribution in [0, 0.1) is 0 Å². The van der Waals surface area contributed by atoms with E-state index in [1.807, 2.05) is 0 Å². The van der Waals surface area contributed by atoms with Crippen molar-refractivity contribution in [3.63, 3.8) is 0 Å². The monoisotopic (exact) mass is 269 g/mol. The average Bonchev–Trinajstić information content (AvgIpc) is 2.87. The first-order valence-electron chi connectivity index (χ1n) is 5.59. The fourth-order valence-electron chi connectivity index (χ4n) is 1.44. The molecule has 0 fully saturated rings. The maximum absolute atomic E-state index is 11.5. The number of carbonyl (C=O) groups excluding carboxylic acids is 2. The average molecular weight is 269 g/mol. The molecule has 0 bridgehead atoms. The Morgan fingerprint density at radius 3 is 2.74 bits per heavy atom. The standard InChI is InChI=1S/C11H15N3O5/c1-19-11(18)8(4-7-5-12-6-13-7)14-9(15)2-3-10(16)17/h5-6,8H,2-4H2,1H3,(H,12,13)(H,14,15)(H,16,17). The summed E-state index contributed by atoms with van der Waals surface area (Å²) < 4.78 is 4.58. The number of ether oxygens (including phenoxy) is 1. The van der Waals surface area contributed by atoms with Gasteiger partial charge < -0.3 is 20.1 Å². The number of hydrogen-bond donors (Lipinski definition) is 3. The van der Waals surface area contributed by atoms with Gasteiger partial charge in [0.25, 0.3) is 0 Å². The maximum atomic E-state index is 11.5. The predicted molar refractivity (Wildman–Crippen MR) is 63.1 cm³/mol. The summed E-state index contributed by atoms with van der Waals surface area (Å²) in [6.07, 6.45) is 2.70. The van der Waals surface area contributed by atoms with E-state index in [-0.39, 0.29) is 19.3 Å². The van der Waals surface area contributed by atoms with Gasteiger partial charge in [-0.1, -0.05) is 0 Å². The van der Waals surface area contributed by atoms with Crippen molar-refractivity contribution in [3.05, 3.63) is 18.2 Å². The van der Waals surface area contributed by atoms with Crippen molar-refractivity contribution in [2.24, 2.45) is 0 Å². The molecule has 0 aliphatic heterocycles. The number of aliphatic carboxylic acids is 1. The number of nitrogens with one attached hydrogen (secondary N) is 2. The highest BCUT2D eigenvalue weighted by atomic mass is 16.5. The fourth-order valence-corrected chi connectivity index (χ4v) is 1.44. The van der Waals surface area contributed by atoms with Crippen LogP contribution in [0.1, 0.15) is 18.5 Å². The summed E-state index contributed by atoms with van der Waals surface area (Å²) in [6, 6.07) is -0.869. The topological polar surface area (TPSA) is 121 Å². The third-order valence-corrected chi connectivity index (χ3v) is 2.37. The SMILES string of the molecule is COC(=O)C(Cc1cnc[nH]1)NC(=O)CCC(=O)O. The molecule has 0 aliphatic rings. The van der Waals surface area contributed by atoms with E-state index in [1.165, 1.54) is 19.6 Å². The number of carbonyl (C=O) groups is 3. The van der Waals surface area contributed by atoms with E-state index >= 15 is 0 Å². The van der Waals surface area contributed by atoms with E-state index in [4.69, 9.17) is 5.11 Å². The molecule has 1 heterocycles. The van der Waals surface area contributed by atoms with Crippen LogP contribution < -0.4 is 5.32 Å². The van der Waals surface area contributed by atoms with Gasteiger partial charge in [0.1, 0.15) is 6.04 Å². The van der Waals surface area contributed by atoms with Crippen LogP contribution in [0.5, 0.6) is 0 Å². The van der Waals surface area contributed by atoms with Crippen LogP contribution in [0.15, 0.2) is 12.5 Å². The first-order chi connectivity index (χ1) is 9.02. The quantitative estimate of drug-likeness (QED) is 0.572. The molecule has 0 saturated heterocycles. The molecule has 0 radical (unpaired) electrons. The minimum atomic E-state index is -1.07. The summed E-state index contributed by atoms with van der Waals surface area (Å²) in [7, 11) is 1.21. The Morgan fingerprint density at radius 1 is 1.47 bits per heavy atom. The molecule has 19 heavy (non-hydrogen) atoms. The number of methoxy groups -OCH3 is 1. The summed E-state index contributed by atoms with van der Waals surface area (Å²) >= 11 is 0.